The first-order chi connectivity index (χ1) is 15.3. The minimum Gasteiger partial charge on any atom is -0.493 e. The van der Waals surface area contributed by atoms with E-state index in [-0.39, 0.29) is 0 Å². The Hall–Kier alpha value is -2.79. The second kappa shape index (κ2) is 10.5. The Morgan fingerprint density at radius 2 is 1.87 bits per heavy atom. The summed E-state index contributed by atoms with van der Waals surface area (Å²) in [5.74, 6) is 2.69. The number of rotatable bonds is 10. The lowest BCUT2D eigenvalue weighted by molar-refractivity contribution is 0.279. The molecule has 0 unspecified atom stereocenters. The average Bonchev–Trinajstić information content (AvgIpc) is 3.43. The number of methoxy groups -OCH3 is 1. The molecule has 0 radical (unpaired) electrons. The number of para-hydroxylation sites is 2. The van der Waals surface area contributed by atoms with E-state index in [0.717, 1.165) is 54.3 Å². The summed E-state index contributed by atoms with van der Waals surface area (Å²) in [4.78, 5) is 7.49. The number of nitrogens with zero attached hydrogens (tertiary/aromatic N) is 3. The van der Waals surface area contributed by atoms with Gasteiger partial charge in [-0.25, -0.2) is 4.98 Å². The zero-order valence-corrected chi connectivity index (χ0v) is 18.7. The van der Waals surface area contributed by atoms with E-state index in [1.54, 1.807) is 7.11 Å². The number of ether oxygens (including phenoxy) is 2. The van der Waals surface area contributed by atoms with Gasteiger partial charge in [0.25, 0.3) is 0 Å². The van der Waals surface area contributed by atoms with Crippen molar-refractivity contribution in [2.45, 2.75) is 39.2 Å². The Bertz CT molecular complexity index is 1020. The van der Waals surface area contributed by atoms with Gasteiger partial charge in [0.2, 0.25) is 0 Å². The van der Waals surface area contributed by atoms with Crippen LogP contribution >= 0.6 is 0 Å². The quantitative estimate of drug-likeness (QED) is 0.454. The first-order valence-electron chi connectivity index (χ1n) is 11.4. The highest BCUT2D eigenvalue weighted by Gasteiger charge is 2.14. The van der Waals surface area contributed by atoms with Gasteiger partial charge in [0.1, 0.15) is 12.4 Å². The third kappa shape index (κ3) is 5.28. The molecule has 5 heteroatoms. The second-order valence-corrected chi connectivity index (χ2v) is 8.08. The largest absolute Gasteiger partial charge is 0.493 e. The van der Waals surface area contributed by atoms with Crippen LogP contribution in [0.1, 0.15) is 37.6 Å². The highest BCUT2D eigenvalue weighted by atomic mass is 16.5. The van der Waals surface area contributed by atoms with Crippen molar-refractivity contribution in [3.05, 3.63) is 59.9 Å². The molecule has 3 aromatic rings. The molecule has 31 heavy (non-hydrogen) atoms. The van der Waals surface area contributed by atoms with Gasteiger partial charge in [-0.05, 0) is 75.6 Å². The number of fused-ring (bicyclic) bond motifs is 1. The van der Waals surface area contributed by atoms with E-state index in [1.165, 1.54) is 31.4 Å². The van der Waals surface area contributed by atoms with E-state index in [0.29, 0.717) is 6.61 Å². The van der Waals surface area contributed by atoms with Crippen molar-refractivity contribution in [2.24, 2.45) is 0 Å². The highest BCUT2D eigenvalue weighted by molar-refractivity contribution is 5.75. The lowest BCUT2D eigenvalue weighted by Gasteiger charge is -2.15. The van der Waals surface area contributed by atoms with Crippen molar-refractivity contribution in [3.8, 4) is 11.5 Å². The highest BCUT2D eigenvalue weighted by Crippen LogP contribution is 2.29. The smallest absolute Gasteiger partial charge is 0.161 e. The third-order valence-corrected chi connectivity index (χ3v) is 5.93. The molecule has 1 saturated heterocycles. The molecule has 2 heterocycles. The molecule has 1 aliphatic rings. The van der Waals surface area contributed by atoms with E-state index < -0.39 is 0 Å². The molecular formula is C26H33N3O2. The van der Waals surface area contributed by atoms with Crippen molar-refractivity contribution >= 4 is 17.1 Å². The molecule has 1 fully saturated rings. The Kier molecular flexibility index (Phi) is 7.26. The average molecular weight is 420 g/mol. The molecule has 0 N–H and O–H groups in total. The zero-order chi connectivity index (χ0) is 21.5. The van der Waals surface area contributed by atoms with Gasteiger partial charge in [0.15, 0.2) is 11.5 Å². The van der Waals surface area contributed by atoms with Crippen LogP contribution in [0, 0.1) is 0 Å². The normalized spacial score (nSPS) is 14.6. The number of imidazole rings is 1. The second-order valence-electron chi connectivity index (χ2n) is 8.08. The molecule has 0 spiro atoms. The van der Waals surface area contributed by atoms with Gasteiger partial charge >= 0.3 is 0 Å². The maximum atomic E-state index is 6.12. The summed E-state index contributed by atoms with van der Waals surface area (Å²) < 4.78 is 14.0. The first-order valence-corrected chi connectivity index (χ1v) is 11.4. The van der Waals surface area contributed by atoms with Gasteiger partial charge in [-0.3, -0.25) is 0 Å². The van der Waals surface area contributed by atoms with Crippen LogP contribution < -0.4 is 9.47 Å². The van der Waals surface area contributed by atoms with E-state index in [1.807, 2.05) is 31.2 Å². The summed E-state index contributed by atoms with van der Waals surface area (Å²) in [5.41, 5.74) is 3.34. The molecule has 2 aromatic carbocycles. The summed E-state index contributed by atoms with van der Waals surface area (Å²) >= 11 is 0. The van der Waals surface area contributed by atoms with Crippen LogP contribution in [0.5, 0.6) is 11.5 Å². The molecule has 4 rings (SSSR count). The van der Waals surface area contributed by atoms with Crippen LogP contribution in [0.3, 0.4) is 0 Å². The molecule has 0 saturated carbocycles. The molecule has 1 aliphatic heterocycles. The molecule has 164 valence electrons. The van der Waals surface area contributed by atoms with Gasteiger partial charge < -0.3 is 18.9 Å². The maximum absolute atomic E-state index is 6.12. The van der Waals surface area contributed by atoms with E-state index in [2.05, 4.69) is 39.8 Å². The Labute approximate surface area is 185 Å². The summed E-state index contributed by atoms with van der Waals surface area (Å²) in [7, 11) is 1.68. The fraction of sp³-hybridized carbons (Fsp3) is 0.423. The minimum absolute atomic E-state index is 0.568. The summed E-state index contributed by atoms with van der Waals surface area (Å²) in [5, 5.41) is 0. The van der Waals surface area contributed by atoms with Crippen LogP contribution in [-0.2, 0) is 13.0 Å². The first kappa shape index (κ1) is 21.4. The maximum Gasteiger partial charge on any atom is 0.161 e. The minimum atomic E-state index is 0.568. The number of benzene rings is 2. The van der Waals surface area contributed by atoms with Gasteiger partial charge in [0.05, 0.1) is 24.7 Å². The summed E-state index contributed by atoms with van der Waals surface area (Å²) in [6.07, 6.45) is 8.89. The van der Waals surface area contributed by atoms with Gasteiger partial charge in [0, 0.05) is 6.42 Å². The predicted molar refractivity (Wildman–Crippen MR) is 127 cm³/mol. The van der Waals surface area contributed by atoms with Gasteiger partial charge in [-0.1, -0.05) is 30.4 Å². The number of aromatic nitrogens is 2. The van der Waals surface area contributed by atoms with Crippen molar-refractivity contribution in [1.82, 2.24) is 14.5 Å². The third-order valence-electron chi connectivity index (χ3n) is 5.93. The van der Waals surface area contributed by atoms with E-state index in [4.69, 9.17) is 14.5 Å². The Morgan fingerprint density at radius 3 is 2.68 bits per heavy atom. The van der Waals surface area contributed by atoms with Crippen molar-refractivity contribution in [3.63, 3.8) is 0 Å². The molecule has 0 bridgehead atoms. The SMILES string of the molecule is C/C=C/c1ccc(OCCn2c(CCCN3CCCC3)nc3ccccc32)c(OC)c1. The Morgan fingerprint density at radius 1 is 1.03 bits per heavy atom. The van der Waals surface area contributed by atoms with Gasteiger partial charge in [-0.2, -0.15) is 0 Å². The van der Waals surface area contributed by atoms with Crippen molar-refractivity contribution in [1.29, 1.82) is 0 Å². The van der Waals surface area contributed by atoms with Crippen LogP contribution in [0.25, 0.3) is 17.1 Å². The molecule has 0 aliphatic carbocycles. The van der Waals surface area contributed by atoms with Crippen LogP contribution in [0.2, 0.25) is 0 Å². The van der Waals surface area contributed by atoms with Crippen molar-refractivity contribution < 1.29 is 9.47 Å². The number of hydrogen-bond donors (Lipinski definition) is 0. The molecule has 0 atom stereocenters. The molecule has 5 nitrogen and oxygen atoms in total. The van der Waals surface area contributed by atoms with Crippen LogP contribution in [-0.4, -0.2) is 47.8 Å². The van der Waals surface area contributed by atoms with Crippen LogP contribution in [0.15, 0.2) is 48.5 Å². The monoisotopic (exact) mass is 419 g/mol. The van der Waals surface area contributed by atoms with E-state index >= 15 is 0 Å². The number of hydrogen-bond acceptors (Lipinski definition) is 4. The topological polar surface area (TPSA) is 39.5 Å². The molecule has 1 aromatic heterocycles. The Balaban J connectivity index is 1.43. The fourth-order valence-electron chi connectivity index (χ4n) is 4.38. The van der Waals surface area contributed by atoms with Gasteiger partial charge in [-0.15, -0.1) is 0 Å². The van der Waals surface area contributed by atoms with E-state index in [9.17, 15) is 0 Å². The fourth-order valence-corrected chi connectivity index (χ4v) is 4.38. The predicted octanol–water partition coefficient (Wildman–Crippen LogP) is 5.19. The molecule has 0 amide bonds. The zero-order valence-electron chi connectivity index (χ0n) is 18.7. The lowest BCUT2D eigenvalue weighted by Crippen LogP contribution is -2.21. The number of allylic oxidation sites excluding steroid dienone is 1. The van der Waals surface area contributed by atoms with Crippen molar-refractivity contribution in [2.75, 3.05) is 33.4 Å². The summed E-state index contributed by atoms with van der Waals surface area (Å²) in [6, 6.07) is 14.4. The lowest BCUT2D eigenvalue weighted by atomic mass is 10.2. The standard InChI is InChI=1S/C26H33N3O2/c1-3-9-21-13-14-24(25(20-21)30-2)31-19-18-29-23-11-5-4-10-22(23)27-26(29)12-8-17-28-15-6-7-16-28/h3-5,9-11,13-14,20H,6-8,12,15-19H2,1-2H3/b9-3+. The molecular weight excluding hydrogens is 386 g/mol. The number of aryl methyl sites for hydroxylation is 1. The number of likely N-dealkylation sites (tertiary alicyclic amines) is 1. The summed E-state index contributed by atoms with van der Waals surface area (Å²) in [6.45, 7) is 7.00. The van der Waals surface area contributed by atoms with Crippen LogP contribution in [0.4, 0.5) is 0 Å².